The number of nitrogens with one attached hydrogen (secondary N) is 1. The van der Waals surface area contributed by atoms with Gasteiger partial charge in [-0.15, -0.1) is 0 Å². The molecule has 2 heteroatoms. The van der Waals surface area contributed by atoms with E-state index in [1.165, 1.54) is 0 Å². The van der Waals surface area contributed by atoms with Crippen LogP contribution in [-0.2, 0) is 4.79 Å². The van der Waals surface area contributed by atoms with Gasteiger partial charge in [0.1, 0.15) is 0 Å². The Morgan fingerprint density at radius 1 is 1.00 bits per heavy atom. The maximum Gasteiger partial charge on any atom is 0.224 e. The fraction of sp³-hybridized carbons (Fsp3) is 0.235. The largest absolute Gasteiger partial charge is 0.326 e. The molecule has 2 aromatic rings. The molecule has 0 aliphatic heterocycles. The summed E-state index contributed by atoms with van der Waals surface area (Å²) in [4.78, 5) is 11.8. The quantitative estimate of drug-likeness (QED) is 0.836. The molecule has 98 valence electrons. The molecule has 0 unspecified atom stereocenters. The summed E-state index contributed by atoms with van der Waals surface area (Å²) in [7, 11) is 0. The van der Waals surface area contributed by atoms with E-state index in [0.29, 0.717) is 6.42 Å². The zero-order chi connectivity index (χ0) is 13.5. The number of carbonyl (C=O) groups excluding carboxylic acids is 1. The number of amides is 1. The van der Waals surface area contributed by atoms with Gasteiger partial charge in [0.15, 0.2) is 0 Å². The summed E-state index contributed by atoms with van der Waals surface area (Å²) < 4.78 is 0. The van der Waals surface area contributed by atoms with Crippen molar-refractivity contribution in [1.82, 2.24) is 0 Å². The Hall–Kier alpha value is -2.09. The van der Waals surface area contributed by atoms with Gasteiger partial charge >= 0.3 is 0 Å². The molecule has 0 radical (unpaired) electrons. The van der Waals surface area contributed by atoms with Crippen molar-refractivity contribution in [2.75, 3.05) is 5.32 Å². The van der Waals surface area contributed by atoms with Crippen LogP contribution in [0.3, 0.4) is 0 Å². The van der Waals surface area contributed by atoms with Crippen LogP contribution in [0.25, 0.3) is 11.1 Å². The topological polar surface area (TPSA) is 29.1 Å². The van der Waals surface area contributed by atoms with Gasteiger partial charge in [0.25, 0.3) is 0 Å². The van der Waals surface area contributed by atoms with Gasteiger partial charge in [-0.05, 0) is 18.1 Å². The molecule has 0 bridgehead atoms. The standard InChI is InChI=1S/C17H19NO/c1-2-3-13-17(19)18-16-12-8-7-11-15(16)14-9-5-4-6-10-14/h4-12H,2-3,13H2,1H3,(H,18,19). The first-order chi connectivity index (χ1) is 9.31. The van der Waals surface area contributed by atoms with Gasteiger partial charge in [0.05, 0.1) is 0 Å². The molecule has 0 atom stereocenters. The van der Waals surface area contributed by atoms with E-state index in [2.05, 4.69) is 24.4 Å². The molecule has 1 N–H and O–H groups in total. The van der Waals surface area contributed by atoms with Crippen molar-refractivity contribution < 1.29 is 4.79 Å². The first-order valence-corrected chi connectivity index (χ1v) is 6.75. The van der Waals surface area contributed by atoms with Crippen molar-refractivity contribution in [3.63, 3.8) is 0 Å². The van der Waals surface area contributed by atoms with Crippen molar-refractivity contribution in [3.8, 4) is 11.1 Å². The lowest BCUT2D eigenvalue weighted by molar-refractivity contribution is -0.116. The maximum atomic E-state index is 11.8. The first-order valence-electron chi connectivity index (χ1n) is 6.75. The molecule has 0 saturated heterocycles. The lowest BCUT2D eigenvalue weighted by Gasteiger charge is -2.11. The maximum absolute atomic E-state index is 11.8. The third-order valence-electron chi connectivity index (χ3n) is 3.04. The van der Waals surface area contributed by atoms with E-state index in [0.717, 1.165) is 29.7 Å². The molecular weight excluding hydrogens is 234 g/mol. The summed E-state index contributed by atoms with van der Waals surface area (Å²) in [5, 5.41) is 3.00. The van der Waals surface area contributed by atoms with Gasteiger partial charge in [0, 0.05) is 17.7 Å². The number of unbranched alkanes of at least 4 members (excludes halogenated alkanes) is 1. The van der Waals surface area contributed by atoms with Gasteiger partial charge in [-0.1, -0.05) is 61.9 Å². The SMILES string of the molecule is CCCCC(=O)Nc1ccccc1-c1ccccc1. The third-order valence-corrected chi connectivity index (χ3v) is 3.04. The summed E-state index contributed by atoms with van der Waals surface area (Å²) in [6.45, 7) is 2.09. The minimum absolute atomic E-state index is 0.0882. The highest BCUT2D eigenvalue weighted by molar-refractivity contribution is 5.95. The summed E-state index contributed by atoms with van der Waals surface area (Å²) in [6, 6.07) is 18.0. The normalized spacial score (nSPS) is 10.2. The minimum Gasteiger partial charge on any atom is -0.326 e. The second kappa shape index (κ2) is 6.74. The van der Waals surface area contributed by atoms with Crippen molar-refractivity contribution in [2.45, 2.75) is 26.2 Å². The van der Waals surface area contributed by atoms with E-state index in [-0.39, 0.29) is 5.91 Å². The van der Waals surface area contributed by atoms with E-state index < -0.39 is 0 Å². The lowest BCUT2D eigenvalue weighted by atomic mass is 10.0. The zero-order valence-corrected chi connectivity index (χ0v) is 11.2. The summed E-state index contributed by atoms with van der Waals surface area (Å²) in [5.74, 6) is 0.0882. The van der Waals surface area contributed by atoms with E-state index in [9.17, 15) is 4.79 Å². The predicted octanol–water partition coefficient (Wildman–Crippen LogP) is 4.48. The summed E-state index contributed by atoms with van der Waals surface area (Å²) >= 11 is 0. The second-order valence-electron chi connectivity index (χ2n) is 4.56. The lowest BCUT2D eigenvalue weighted by Crippen LogP contribution is -2.11. The molecule has 1 amide bonds. The average molecular weight is 253 g/mol. The van der Waals surface area contributed by atoms with Crippen molar-refractivity contribution in [2.24, 2.45) is 0 Å². The number of hydrogen-bond donors (Lipinski definition) is 1. The van der Waals surface area contributed by atoms with Gasteiger partial charge in [-0.3, -0.25) is 4.79 Å². The minimum atomic E-state index is 0.0882. The molecule has 2 nitrogen and oxygen atoms in total. The van der Waals surface area contributed by atoms with Crippen molar-refractivity contribution >= 4 is 11.6 Å². The van der Waals surface area contributed by atoms with Crippen LogP contribution in [0.1, 0.15) is 26.2 Å². The monoisotopic (exact) mass is 253 g/mol. The molecule has 0 aliphatic rings. The number of benzene rings is 2. The van der Waals surface area contributed by atoms with Gasteiger partial charge in [-0.25, -0.2) is 0 Å². The van der Waals surface area contributed by atoms with Crippen LogP contribution in [0.4, 0.5) is 5.69 Å². The smallest absolute Gasteiger partial charge is 0.224 e. The summed E-state index contributed by atoms with van der Waals surface area (Å²) in [5.41, 5.74) is 3.07. The van der Waals surface area contributed by atoms with Gasteiger partial charge in [-0.2, -0.15) is 0 Å². The highest BCUT2D eigenvalue weighted by Gasteiger charge is 2.07. The molecule has 2 aromatic carbocycles. The molecule has 0 saturated carbocycles. The molecule has 0 aromatic heterocycles. The number of anilines is 1. The van der Waals surface area contributed by atoms with E-state index in [1.807, 2.05) is 42.5 Å². The van der Waals surface area contributed by atoms with Crippen LogP contribution >= 0.6 is 0 Å². The highest BCUT2D eigenvalue weighted by atomic mass is 16.1. The van der Waals surface area contributed by atoms with Crippen LogP contribution in [0, 0.1) is 0 Å². The molecule has 0 fully saturated rings. The second-order valence-corrected chi connectivity index (χ2v) is 4.56. The highest BCUT2D eigenvalue weighted by Crippen LogP contribution is 2.27. The number of carbonyl (C=O) groups is 1. The Balaban J connectivity index is 2.20. The Bertz CT molecular complexity index is 534. The van der Waals surface area contributed by atoms with Gasteiger partial charge < -0.3 is 5.32 Å². The van der Waals surface area contributed by atoms with E-state index in [1.54, 1.807) is 0 Å². The van der Waals surface area contributed by atoms with E-state index in [4.69, 9.17) is 0 Å². The molecule has 0 aliphatic carbocycles. The fourth-order valence-corrected chi connectivity index (χ4v) is 2.01. The van der Waals surface area contributed by atoms with E-state index >= 15 is 0 Å². The molecule has 2 rings (SSSR count). The van der Waals surface area contributed by atoms with Crippen LogP contribution in [0.5, 0.6) is 0 Å². The number of para-hydroxylation sites is 1. The van der Waals surface area contributed by atoms with Crippen LogP contribution in [-0.4, -0.2) is 5.91 Å². The predicted molar refractivity (Wildman–Crippen MR) is 80.0 cm³/mol. The van der Waals surface area contributed by atoms with Crippen molar-refractivity contribution in [1.29, 1.82) is 0 Å². The summed E-state index contributed by atoms with van der Waals surface area (Å²) in [6.07, 6.45) is 2.55. The third kappa shape index (κ3) is 3.68. The molecule has 0 heterocycles. The van der Waals surface area contributed by atoms with Crippen LogP contribution in [0.15, 0.2) is 54.6 Å². The van der Waals surface area contributed by atoms with Gasteiger partial charge in [0.2, 0.25) is 5.91 Å². The molecule has 19 heavy (non-hydrogen) atoms. The zero-order valence-electron chi connectivity index (χ0n) is 11.2. The van der Waals surface area contributed by atoms with Crippen molar-refractivity contribution in [3.05, 3.63) is 54.6 Å². The van der Waals surface area contributed by atoms with Crippen LogP contribution in [0.2, 0.25) is 0 Å². The first kappa shape index (κ1) is 13.3. The Morgan fingerprint density at radius 3 is 2.42 bits per heavy atom. The molecular formula is C17H19NO. The number of hydrogen-bond acceptors (Lipinski definition) is 1. The average Bonchev–Trinajstić information content (AvgIpc) is 2.46. The molecule has 0 spiro atoms. The van der Waals surface area contributed by atoms with Crippen LogP contribution < -0.4 is 5.32 Å². The fourth-order valence-electron chi connectivity index (χ4n) is 2.01. The number of rotatable bonds is 5. The Kier molecular flexibility index (Phi) is 4.73. The Labute approximate surface area is 114 Å². The Morgan fingerprint density at radius 2 is 1.68 bits per heavy atom.